The molecule has 1 aromatic heterocycles. The lowest BCUT2D eigenvalue weighted by molar-refractivity contribution is 0.0628. The minimum Gasteiger partial charge on any atom is -0.361 e. The van der Waals surface area contributed by atoms with Gasteiger partial charge in [0.25, 0.3) is 15.9 Å². The monoisotopic (exact) mass is 474 g/mol. The molecule has 8 heteroatoms. The highest BCUT2D eigenvalue weighted by molar-refractivity contribution is 7.92. The summed E-state index contributed by atoms with van der Waals surface area (Å²) in [5, 5.41) is 1.01. The van der Waals surface area contributed by atoms with Crippen LogP contribution in [0.3, 0.4) is 0 Å². The van der Waals surface area contributed by atoms with Crippen molar-refractivity contribution in [2.45, 2.75) is 11.4 Å². The zero-order valence-electron chi connectivity index (χ0n) is 18.6. The summed E-state index contributed by atoms with van der Waals surface area (Å²) in [7, 11) is -3.76. The van der Waals surface area contributed by atoms with Crippen molar-refractivity contribution in [2.24, 2.45) is 0 Å². The second-order valence-corrected chi connectivity index (χ2v) is 10.1. The molecule has 34 heavy (non-hydrogen) atoms. The van der Waals surface area contributed by atoms with E-state index in [1.54, 1.807) is 24.3 Å². The van der Waals surface area contributed by atoms with Crippen LogP contribution in [0.4, 0.5) is 5.69 Å². The normalized spacial score (nSPS) is 14.9. The van der Waals surface area contributed by atoms with E-state index in [4.69, 9.17) is 0 Å². The molecule has 0 saturated carbocycles. The molecule has 1 fully saturated rings. The third kappa shape index (κ3) is 4.83. The summed E-state index contributed by atoms with van der Waals surface area (Å²) < 4.78 is 28.3. The average molecular weight is 475 g/mol. The van der Waals surface area contributed by atoms with Gasteiger partial charge in [0, 0.05) is 50.0 Å². The third-order valence-electron chi connectivity index (χ3n) is 6.13. The lowest BCUT2D eigenvalue weighted by Crippen LogP contribution is -2.48. The maximum absolute atomic E-state index is 13.0. The van der Waals surface area contributed by atoms with Gasteiger partial charge in [-0.2, -0.15) is 0 Å². The van der Waals surface area contributed by atoms with Crippen LogP contribution < -0.4 is 4.72 Å². The van der Waals surface area contributed by atoms with Gasteiger partial charge in [0.05, 0.1) is 10.6 Å². The molecule has 1 aliphatic rings. The van der Waals surface area contributed by atoms with E-state index in [1.165, 1.54) is 17.7 Å². The lowest BCUT2D eigenvalue weighted by atomic mass is 10.1. The Balaban J connectivity index is 1.20. The Kier molecular flexibility index (Phi) is 6.08. The van der Waals surface area contributed by atoms with Gasteiger partial charge in [-0.25, -0.2) is 8.42 Å². The molecule has 3 aromatic carbocycles. The molecule has 0 bridgehead atoms. The number of aromatic amines is 1. The number of rotatable bonds is 6. The highest BCUT2D eigenvalue weighted by atomic mass is 32.2. The Morgan fingerprint density at radius 2 is 1.62 bits per heavy atom. The second kappa shape index (κ2) is 9.32. The van der Waals surface area contributed by atoms with Crippen LogP contribution in [0.5, 0.6) is 0 Å². The number of piperazine rings is 1. The molecule has 0 unspecified atom stereocenters. The summed E-state index contributed by atoms with van der Waals surface area (Å²) in [6.07, 6.45) is 1.81. The van der Waals surface area contributed by atoms with Gasteiger partial charge in [0.15, 0.2) is 0 Å². The summed E-state index contributed by atoms with van der Waals surface area (Å²) >= 11 is 0. The molecule has 2 N–H and O–H groups in total. The SMILES string of the molecule is O=C(c1ccc(S(=O)(=O)Nc2ccc3cc[nH]c3c2)cc1)N1CCN(Cc2ccccc2)CC1. The molecule has 0 radical (unpaired) electrons. The van der Waals surface area contributed by atoms with Crippen molar-refractivity contribution in [3.63, 3.8) is 0 Å². The van der Waals surface area contributed by atoms with Crippen LogP contribution >= 0.6 is 0 Å². The van der Waals surface area contributed by atoms with Crippen molar-refractivity contribution in [1.82, 2.24) is 14.8 Å². The number of hydrogen-bond donors (Lipinski definition) is 2. The van der Waals surface area contributed by atoms with Crippen LogP contribution in [0.1, 0.15) is 15.9 Å². The first-order valence-electron chi connectivity index (χ1n) is 11.2. The minimum absolute atomic E-state index is 0.0755. The van der Waals surface area contributed by atoms with Gasteiger partial charge in [-0.1, -0.05) is 36.4 Å². The summed E-state index contributed by atoms with van der Waals surface area (Å²) in [6.45, 7) is 3.78. The number of amides is 1. The second-order valence-electron chi connectivity index (χ2n) is 8.46. The van der Waals surface area contributed by atoms with Crippen molar-refractivity contribution >= 4 is 32.5 Å². The van der Waals surface area contributed by atoms with Crippen LogP contribution in [0, 0.1) is 0 Å². The largest absolute Gasteiger partial charge is 0.361 e. The fourth-order valence-electron chi connectivity index (χ4n) is 4.24. The van der Waals surface area contributed by atoms with E-state index in [0.29, 0.717) is 24.3 Å². The molecule has 1 aliphatic heterocycles. The first-order valence-corrected chi connectivity index (χ1v) is 12.7. The van der Waals surface area contributed by atoms with Gasteiger partial charge in [-0.15, -0.1) is 0 Å². The highest BCUT2D eigenvalue weighted by Gasteiger charge is 2.23. The molecule has 5 rings (SSSR count). The van der Waals surface area contributed by atoms with E-state index in [0.717, 1.165) is 30.5 Å². The summed E-state index contributed by atoms with van der Waals surface area (Å²) in [5.74, 6) is -0.0755. The van der Waals surface area contributed by atoms with Crippen LogP contribution in [-0.2, 0) is 16.6 Å². The highest BCUT2D eigenvalue weighted by Crippen LogP contribution is 2.22. The molecule has 7 nitrogen and oxygen atoms in total. The number of carbonyl (C=O) groups excluding carboxylic acids is 1. The van der Waals surface area contributed by atoms with Gasteiger partial charge in [0.1, 0.15) is 0 Å². The molecule has 1 saturated heterocycles. The molecule has 0 atom stereocenters. The molecule has 2 heterocycles. The number of nitrogens with zero attached hydrogens (tertiary/aromatic N) is 2. The molecule has 0 aliphatic carbocycles. The van der Waals surface area contributed by atoms with E-state index in [-0.39, 0.29) is 10.8 Å². The smallest absolute Gasteiger partial charge is 0.261 e. The third-order valence-corrected chi connectivity index (χ3v) is 7.52. The summed E-state index contributed by atoms with van der Waals surface area (Å²) in [6, 6.07) is 23.7. The van der Waals surface area contributed by atoms with Crippen molar-refractivity contribution in [1.29, 1.82) is 0 Å². The number of sulfonamides is 1. The van der Waals surface area contributed by atoms with Crippen molar-refractivity contribution in [3.05, 3.63) is 96.2 Å². The minimum atomic E-state index is -3.76. The lowest BCUT2D eigenvalue weighted by Gasteiger charge is -2.34. The molecule has 0 spiro atoms. The predicted molar refractivity (Wildman–Crippen MR) is 133 cm³/mol. The number of H-pyrrole nitrogens is 1. The number of carbonyl (C=O) groups is 1. The maximum Gasteiger partial charge on any atom is 0.261 e. The van der Waals surface area contributed by atoms with Crippen molar-refractivity contribution in [2.75, 3.05) is 30.9 Å². The molecular weight excluding hydrogens is 448 g/mol. The zero-order chi connectivity index (χ0) is 23.5. The average Bonchev–Trinajstić information content (AvgIpc) is 3.32. The Labute approximate surface area is 199 Å². The van der Waals surface area contributed by atoms with Crippen LogP contribution in [0.15, 0.2) is 90.0 Å². The molecular formula is C26H26N4O3S. The first-order chi connectivity index (χ1) is 16.5. The van der Waals surface area contributed by atoms with Gasteiger partial charge < -0.3 is 9.88 Å². The van der Waals surface area contributed by atoms with E-state index >= 15 is 0 Å². The van der Waals surface area contributed by atoms with E-state index in [1.807, 2.05) is 41.4 Å². The Bertz CT molecular complexity index is 1390. The van der Waals surface area contributed by atoms with Crippen molar-refractivity contribution < 1.29 is 13.2 Å². The zero-order valence-corrected chi connectivity index (χ0v) is 19.5. The number of anilines is 1. The number of hydrogen-bond acceptors (Lipinski definition) is 4. The fraction of sp³-hybridized carbons (Fsp3) is 0.192. The van der Waals surface area contributed by atoms with Gasteiger partial charge in [-0.3, -0.25) is 14.4 Å². The van der Waals surface area contributed by atoms with Gasteiger partial charge in [0.2, 0.25) is 0 Å². The van der Waals surface area contributed by atoms with E-state index in [9.17, 15) is 13.2 Å². The summed E-state index contributed by atoms with van der Waals surface area (Å²) in [5.41, 5.74) is 3.08. The Hall–Kier alpha value is -3.62. The molecule has 4 aromatic rings. The maximum atomic E-state index is 13.0. The number of fused-ring (bicyclic) bond motifs is 1. The van der Waals surface area contributed by atoms with Gasteiger partial charge in [-0.05, 0) is 53.4 Å². The summed E-state index contributed by atoms with van der Waals surface area (Å²) in [4.78, 5) is 20.3. The van der Waals surface area contributed by atoms with Crippen LogP contribution in [0.2, 0.25) is 0 Å². The topological polar surface area (TPSA) is 85.5 Å². The van der Waals surface area contributed by atoms with E-state index < -0.39 is 10.0 Å². The Morgan fingerprint density at radius 3 is 2.35 bits per heavy atom. The van der Waals surface area contributed by atoms with Crippen LogP contribution in [0.25, 0.3) is 10.9 Å². The van der Waals surface area contributed by atoms with E-state index in [2.05, 4.69) is 26.7 Å². The quantitative estimate of drug-likeness (QED) is 0.444. The number of aromatic nitrogens is 1. The molecule has 174 valence electrons. The fourth-order valence-corrected chi connectivity index (χ4v) is 5.28. The number of nitrogens with one attached hydrogen (secondary N) is 2. The predicted octanol–water partition coefficient (Wildman–Crippen LogP) is 3.93. The van der Waals surface area contributed by atoms with Crippen LogP contribution in [-0.4, -0.2) is 55.3 Å². The number of benzene rings is 3. The Morgan fingerprint density at radius 1 is 0.882 bits per heavy atom. The molecule has 1 amide bonds. The van der Waals surface area contributed by atoms with Crippen molar-refractivity contribution in [3.8, 4) is 0 Å². The van der Waals surface area contributed by atoms with Gasteiger partial charge >= 0.3 is 0 Å². The first kappa shape index (κ1) is 22.2. The standard InChI is InChI=1S/C26H26N4O3S/c31-26(30-16-14-29(15-17-30)19-20-4-2-1-3-5-20)22-7-10-24(11-8-22)34(32,33)28-23-9-6-21-12-13-27-25(21)18-23/h1-13,18,27-28H,14-17,19H2.